The van der Waals surface area contributed by atoms with E-state index in [-0.39, 0.29) is 12.6 Å². The summed E-state index contributed by atoms with van der Waals surface area (Å²) in [4.78, 5) is 21.7. The Labute approximate surface area is 82.6 Å². The van der Waals surface area contributed by atoms with Crippen LogP contribution in [0.2, 0.25) is 0 Å². The van der Waals surface area contributed by atoms with E-state index in [4.69, 9.17) is 5.11 Å². The van der Waals surface area contributed by atoms with Crippen LogP contribution < -0.4 is 10.6 Å². The first-order valence-electron chi connectivity index (χ1n) is 4.26. The van der Waals surface area contributed by atoms with Crippen molar-refractivity contribution in [2.75, 3.05) is 13.7 Å². The van der Waals surface area contributed by atoms with Crippen molar-refractivity contribution in [2.24, 2.45) is 0 Å². The highest BCUT2D eigenvalue weighted by molar-refractivity contribution is 5.82. The summed E-state index contributed by atoms with van der Waals surface area (Å²) in [6, 6.07) is -1.56. The first kappa shape index (κ1) is 12.7. The number of methoxy groups -OCH3 is 1. The Morgan fingerprint density at radius 2 is 1.93 bits per heavy atom. The highest BCUT2D eigenvalue weighted by Crippen LogP contribution is 1.86. The summed E-state index contributed by atoms with van der Waals surface area (Å²) in [5.74, 6) is -1.12. The van der Waals surface area contributed by atoms with Crippen molar-refractivity contribution in [3.8, 4) is 0 Å². The number of ether oxygens (including phenoxy) is 1. The fraction of sp³-hybridized carbons (Fsp3) is 0.750. The predicted octanol–water partition coefficient (Wildman–Crippen LogP) is -0.206. The molecule has 1 atom stereocenters. The summed E-state index contributed by atoms with van der Waals surface area (Å²) in [5, 5.41) is 13.5. The summed E-state index contributed by atoms with van der Waals surface area (Å²) >= 11 is 0. The van der Waals surface area contributed by atoms with Gasteiger partial charge in [-0.25, -0.2) is 9.59 Å². The predicted molar refractivity (Wildman–Crippen MR) is 50.1 cm³/mol. The van der Waals surface area contributed by atoms with Crippen LogP contribution in [0.15, 0.2) is 0 Å². The lowest BCUT2D eigenvalue weighted by molar-refractivity contribution is -0.140. The number of carboxylic acids is 1. The second-order valence-corrected chi connectivity index (χ2v) is 3.12. The average molecular weight is 204 g/mol. The molecule has 0 saturated heterocycles. The number of carbonyl (C=O) groups excluding carboxylic acids is 1. The summed E-state index contributed by atoms with van der Waals surface area (Å²) in [5.41, 5.74) is 0. The van der Waals surface area contributed by atoms with Crippen LogP contribution in [0.3, 0.4) is 0 Å². The van der Waals surface area contributed by atoms with Crippen LogP contribution in [-0.4, -0.2) is 42.9 Å². The summed E-state index contributed by atoms with van der Waals surface area (Å²) in [6.45, 7) is 3.51. The van der Waals surface area contributed by atoms with Gasteiger partial charge in [-0.1, -0.05) is 0 Å². The standard InChI is InChI=1S/C8H16N2O4/c1-5(2)9-8(13)10-6(4-14-3)7(11)12/h5-6H,4H2,1-3H3,(H,11,12)(H2,9,10,13). The molecule has 82 valence electrons. The lowest BCUT2D eigenvalue weighted by atomic mass is 10.3. The molecule has 0 aliphatic rings. The number of carbonyl (C=O) groups is 2. The van der Waals surface area contributed by atoms with E-state index in [0.29, 0.717) is 0 Å². The van der Waals surface area contributed by atoms with E-state index in [1.807, 2.05) is 0 Å². The van der Waals surface area contributed by atoms with E-state index in [9.17, 15) is 9.59 Å². The number of aliphatic carboxylic acids is 1. The number of rotatable bonds is 5. The van der Waals surface area contributed by atoms with Gasteiger partial charge in [-0.2, -0.15) is 0 Å². The Bertz CT molecular complexity index is 206. The minimum Gasteiger partial charge on any atom is -0.480 e. The van der Waals surface area contributed by atoms with Crippen molar-refractivity contribution in [1.29, 1.82) is 0 Å². The minimum atomic E-state index is -1.12. The third-order valence-corrected chi connectivity index (χ3v) is 1.36. The largest absolute Gasteiger partial charge is 0.480 e. The minimum absolute atomic E-state index is 0.0352. The summed E-state index contributed by atoms with van der Waals surface area (Å²) < 4.78 is 4.65. The second-order valence-electron chi connectivity index (χ2n) is 3.12. The maximum absolute atomic E-state index is 11.1. The zero-order chi connectivity index (χ0) is 11.1. The van der Waals surface area contributed by atoms with Crippen LogP contribution in [0.25, 0.3) is 0 Å². The van der Waals surface area contributed by atoms with Gasteiger partial charge >= 0.3 is 12.0 Å². The van der Waals surface area contributed by atoms with Crippen molar-refractivity contribution in [3.05, 3.63) is 0 Å². The maximum atomic E-state index is 11.1. The molecule has 0 aromatic heterocycles. The summed E-state index contributed by atoms with van der Waals surface area (Å²) in [7, 11) is 1.37. The van der Waals surface area contributed by atoms with Gasteiger partial charge in [-0.15, -0.1) is 0 Å². The molecule has 0 heterocycles. The summed E-state index contributed by atoms with van der Waals surface area (Å²) in [6.07, 6.45) is 0. The molecule has 0 fully saturated rings. The van der Waals surface area contributed by atoms with Crippen molar-refractivity contribution in [2.45, 2.75) is 25.9 Å². The Morgan fingerprint density at radius 3 is 2.29 bits per heavy atom. The van der Waals surface area contributed by atoms with Crippen LogP contribution in [0.1, 0.15) is 13.8 Å². The lowest BCUT2D eigenvalue weighted by Crippen LogP contribution is -2.49. The molecule has 2 amide bonds. The average Bonchev–Trinajstić information content (AvgIpc) is 2.01. The van der Waals surface area contributed by atoms with E-state index < -0.39 is 18.0 Å². The van der Waals surface area contributed by atoms with Gasteiger partial charge in [-0.05, 0) is 13.8 Å². The molecule has 6 heteroatoms. The van der Waals surface area contributed by atoms with Crippen molar-refractivity contribution >= 4 is 12.0 Å². The number of hydrogen-bond acceptors (Lipinski definition) is 3. The quantitative estimate of drug-likeness (QED) is 0.578. The monoisotopic (exact) mass is 204 g/mol. The number of carboxylic acid groups (broad SMARTS) is 1. The smallest absolute Gasteiger partial charge is 0.328 e. The van der Waals surface area contributed by atoms with E-state index in [1.165, 1.54) is 7.11 Å². The molecule has 14 heavy (non-hydrogen) atoms. The Morgan fingerprint density at radius 1 is 1.36 bits per heavy atom. The van der Waals surface area contributed by atoms with E-state index >= 15 is 0 Å². The number of urea groups is 1. The highest BCUT2D eigenvalue weighted by Gasteiger charge is 2.19. The molecule has 0 bridgehead atoms. The lowest BCUT2D eigenvalue weighted by Gasteiger charge is -2.15. The fourth-order valence-electron chi connectivity index (χ4n) is 0.803. The number of nitrogens with one attached hydrogen (secondary N) is 2. The van der Waals surface area contributed by atoms with Crippen LogP contribution >= 0.6 is 0 Å². The zero-order valence-corrected chi connectivity index (χ0v) is 8.53. The van der Waals surface area contributed by atoms with E-state index in [0.717, 1.165) is 0 Å². The molecule has 0 saturated carbocycles. The van der Waals surface area contributed by atoms with Gasteiger partial charge < -0.3 is 20.5 Å². The molecule has 0 radical (unpaired) electrons. The van der Waals surface area contributed by atoms with Crippen molar-refractivity contribution < 1.29 is 19.4 Å². The second kappa shape index (κ2) is 6.20. The topological polar surface area (TPSA) is 87.7 Å². The third kappa shape index (κ3) is 5.36. The molecule has 0 aromatic rings. The van der Waals surface area contributed by atoms with Gasteiger partial charge in [0.2, 0.25) is 0 Å². The number of hydrogen-bond donors (Lipinski definition) is 3. The molecule has 1 unspecified atom stereocenters. The van der Waals surface area contributed by atoms with Gasteiger partial charge in [0.1, 0.15) is 0 Å². The van der Waals surface area contributed by atoms with Crippen LogP contribution in [0, 0.1) is 0 Å². The van der Waals surface area contributed by atoms with Crippen molar-refractivity contribution in [1.82, 2.24) is 10.6 Å². The van der Waals surface area contributed by atoms with Gasteiger partial charge in [0.25, 0.3) is 0 Å². The van der Waals surface area contributed by atoms with Crippen LogP contribution in [-0.2, 0) is 9.53 Å². The molecule has 0 rings (SSSR count). The zero-order valence-electron chi connectivity index (χ0n) is 8.53. The fourth-order valence-corrected chi connectivity index (χ4v) is 0.803. The SMILES string of the molecule is COCC(NC(=O)NC(C)C)C(=O)O. The van der Waals surface area contributed by atoms with E-state index in [2.05, 4.69) is 15.4 Å². The maximum Gasteiger partial charge on any atom is 0.328 e. The number of amides is 2. The van der Waals surface area contributed by atoms with Gasteiger partial charge in [-0.3, -0.25) is 0 Å². The Balaban J connectivity index is 4.02. The Kier molecular flexibility index (Phi) is 5.62. The van der Waals surface area contributed by atoms with Gasteiger partial charge in [0.15, 0.2) is 6.04 Å². The molecular weight excluding hydrogens is 188 g/mol. The van der Waals surface area contributed by atoms with Crippen LogP contribution in [0.5, 0.6) is 0 Å². The van der Waals surface area contributed by atoms with Crippen molar-refractivity contribution in [3.63, 3.8) is 0 Å². The Hall–Kier alpha value is -1.30. The normalized spacial score (nSPS) is 12.3. The highest BCUT2D eigenvalue weighted by atomic mass is 16.5. The van der Waals surface area contributed by atoms with Crippen LogP contribution in [0.4, 0.5) is 4.79 Å². The molecule has 0 aliphatic heterocycles. The van der Waals surface area contributed by atoms with Gasteiger partial charge in [0, 0.05) is 13.2 Å². The first-order valence-corrected chi connectivity index (χ1v) is 4.26. The third-order valence-electron chi connectivity index (χ3n) is 1.36. The van der Waals surface area contributed by atoms with E-state index in [1.54, 1.807) is 13.8 Å². The molecule has 3 N–H and O–H groups in total. The molecule has 0 aliphatic carbocycles. The first-order chi connectivity index (χ1) is 6.47. The molecular formula is C8H16N2O4. The van der Waals surface area contributed by atoms with Gasteiger partial charge in [0.05, 0.1) is 6.61 Å². The molecule has 0 aromatic carbocycles. The molecule has 6 nitrogen and oxygen atoms in total. The molecule has 0 spiro atoms.